The fraction of sp³-hybridized carbons (Fsp3) is 0.167. The number of carbonyl (C=O) groups excluding carboxylic acids is 1. The quantitative estimate of drug-likeness (QED) is 0.863. The van der Waals surface area contributed by atoms with Crippen molar-refractivity contribution >= 4 is 22.4 Å². The molecule has 0 amide bonds. The first-order chi connectivity index (χ1) is 8.29. The monoisotopic (exact) mass is 294 g/mol. The van der Waals surface area contributed by atoms with Crippen LogP contribution in [0.3, 0.4) is 0 Å². The first-order valence-electron chi connectivity index (χ1n) is 5.12. The normalized spacial score (nSPS) is 12.1. The maximum Gasteiger partial charge on any atom is 0.293 e. The van der Waals surface area contributed by atoms with Crippen molar-refractivity contribution in [3.8, 4) is 0 Å². The zero-order chi connectivity index (χ0) is 12.1. The van der Waals surface area contributed by atoms with Crippen LogP contribution in [0.2, 0.25) is 0 Å². The lowest BCUT2D eigenvalue weighted by atomic mass is 10.1. The lowest BCUT2D eigenvalue weighted by Gasteiger charge is -2.14. The molecule has 1 aromatic carbocycles. The molecular weight excluding hydrogens is 284 g/mol. The van der Waals surface area contributed by atoms with E-state index in [9.17, 15) is 4.79 Å². The van der Waals surface area contributed by atoms with E-state index in [1.807, 2.05) is 24.3 Å². The average Bonchev–Trinajstić information content (AvgIpc) is 2.81. The van der Waals surface area contributed by atoms with Gasteiger partial charge >= 0.3 is 0 Å². The molecule has 1 aromatic heterocycles. The molecule has 5 heteroatoms. The van der Waals surface area contributed by atoms with Crippen LogP contribution in [0, 0.1) is 0 Å². The lowest BCUT2D eigenvalue weighted by Crippen LogP contribution is -2.07. The Labute approximate surface area is 107 Å². The number of H-pyrrole nitrogens is 1. The van der Waals surface area contributed by atoms with Gasteiger partial charge in [-0.3, -0.25) is 4.79 Å². The van der Waals surface area contributed by atoms with E-state index in [2.05, 4.69) is 25.9 Å². The van der Waals surface area contributed by atoms with Crippen molar-refractivity contribution in [2.45, 2.75) is 12.5 Å². The van der Waals surface area contributed by atoms with Gasteiger partial charge in [0.05, 0.1) is 12.0 Å². The maximum absolute atomic E-state index is 10.5. The third-order valence-corrected chi connectivity index (χ3v) is 2.88. The molecular formula is C12H11BrN2O2. The van der Waals surface area contributed by atoms with E-state index in [1.165, 1.54) is 0 Å². The molecule has 0 bridgehead atoms. The van der Waals surface area contributed by atoms with Gasteiger partial charge in [0.2, 0.25) is 0 Å². The van der Waals surface area contributed by atoms with Gasteiger partial charge < -0.3 is 9.72 Å². The Kier molecular flexibility index (Phi) is 3.93. The Bertz CT molecular complexity index is 485. The molecule has 17 heavy (non-hydrogen) atoms. The Balaban J connectivity index is 2.19. The molecule has 1 unspecified atom stereocenters. The van der Waals surface area contributed by atoms with Gasteiger partial charge in [0.15, 0.2) is 0 Å². The molecule has 1 heterocycles. The van der Waals surface area contributed by atoms with Gasteiger partial charge in [0.1, 0.15) is 6.10 Å². The Hall–Kier alpha value is -1.62. The van der Waals surface area contributed by atoms with Gasteiger partial charge in [-0.25, -0.2) is 4.98 Å². The second-order valence-electron chi connectivity index (χ2n) is 3.54. The Morgan fingerprint density at radius 2 is 2.41 bits per heavy atom. The highest BCUT2D eigenvalue weighted by atomic mass is 79.9. The third kappa shape index (κ3) is 3.17. The topological polar surface area (TPSA) is 55.0 Å². The van der Waals surface area contributed by atoms with Crippen molar-refractivity contribution in [2.24, 2.45) is 0 Å². The van der Waals surface area contributed by atoms with Gasteiger partial charge in [-0.05, 0) is 17.7 Å². The second kappa shape index (κ2) is 5.63. The molecule has 0 aliphatic rings. The van der Waals surface area contributed by atoms with Crippen molar-refractivity contribution in [1.29, 1.82) is 0 Å². The minimum Gasteiger partial charge on any atom is -0.459 e. The smallest absolute Gasteiger partial charge is 0.293 e. The predicted octanol–water partition coefficient (Wildman–Crippen LogP) is 2.63. The summed E-state index contributed by atoms with van der Waals surface area (Å²) in [5.41, 5.74) is 1.80. The van der Waals surface area contributed by atoms with Crippen LogP contribution in [0.15, 0.2) is 41.3 Å². The molecule has 0 radical (unpaired) electrons. The summed E-state index contributed by atoms with van der Waals surface area (Å²) in [7, 11) is 0. The molecule has 0 saturated carbocycles. The number of nitrogens with zero attached hydrogens (tertiary/aromatic N) is 1. The third-order valence-electron chi connectivity index (χ3n) is 2.39. The van der Waals surface area contributed by atoms with Crippen molar-refractivity contribution in [3.05, 3.63) is 52.5 Å². The first-order valence-corrected chi connectivity index (χ1v) is 5.91. The van der Waals surface area contributed by atoms with Gasteiger partial charge in [0, 0.05) is 17.1 Å². The summed E-state index contributed by atoms with van der Waals surface area (Å²) in [5.74, 6) is 0. The van der Waals surface area contributed by atoms with Crippen LogP contribution in [0.1, 0.15) is 17.4 Å². The number of ether oxygens (including phenoxy) is 1. The Morgan fingerprint density at radius 3 is 3.06 bits per heavy atom. The number of carbonyl (C=O) groups is 1. The van der Waals surface area contributed by atoms with E-state index in [1.54, 1.807) is 12.5 Å². The molecule has 2 aromatic rings. The summed E-state index contributed by atoms with van der Waals surface area (Å²) in [5, 5.41) is 0. The lowest BCUT2D eigenvalue weighted by molar-refractivity contribution is -0.133. The highest BCUT2D eigenvalue weighted by Crippen LogP contribution is 2.23. The van der Waals surface area contributed by atoms with Gasteiger partial charge in [0.25, 0.3) is 6.47 Å². The van der Waals surface area contributed by atoms with E-state index in [4.69, 9.17) is 4.74 Å². The van der Waals surface area contributed by atoms with Crippen LogP contribution in [0.25, 0.3) is 0 Å². The Morgan fingerprint density at radius 1 is 1.53 bits per heavy atom. The average molecular weight is 295 g/mol. The molecule has 2 rings (SSSR count). The molecule has 0 aliphatic heterocycles. The molecule has 0 fully saturated rings. The van der Waals surface area contributed by atoms with E-state index < -0.39 is 0 Å². The van der Waals surface area contributed by atoms with Crippen LogP contribution >= 0.6 is 15.9 Å². The molecule has 0 spiro atoms. The fourth-order valence-electron chi connectivity index (χ4n) is 1.61. The number of hydrogen-bond acceptors (Lipinski definition) is 3. The van der Waals surface area contributed by atoms with Crippen LogP contribution in [0.5, 0.6) is 0 Å². The highest BCUT2D eigenvalue weighted by Gasteiger charge is 2.14. The van der Waals surface area contributed by atoms with Crippen molar-refractivity contribution in [1.82, 2.24) is 9.97 Å². The van der Waals surface area contributed by atoms with Crippen LogP contribution in [-0.4, -0.2) is 16.4 Å². The van der Waals surface area contributed by atoms with Gasteiger partial charge in [-0.2, -0.15) is 0 Å². The minimum absolute atomic E-state index is 0.312. The van der Waals surface area contributed by atoms with Gasteiger partial charge in [-0.15, -0.1) is 0 Å². The summed E-state index contributed by atoms with van der Waals surface area (Å²) >= 11 is 3.39. The summed E-state index contributed by atoms with van der Waals surface area (Å²) < 4.78 is 6.06. The predicted molar refractivity (Wildman–Crippen MR) is 66.3 cm³/mol. The van der Waals surface area contributed by atoms with Gasteiger partial charge in [-0.1, -0.05) is 28.1 Å². The maximum atomic E-state index is 10.5. The van der Waals surface area contributed by atoms with Crippen molar-refractivity contribution in [2.75, 3.05) is 0 Å². The molecule has 0 saturated heterocycles. The van der Waals surface area contributed by atoms with E-state index >= 15 is 0 Å². The van der Waals surface area contributed by atoms with E-state index in [0.717, 1.165) is 15.7 Å². The van der Waals surface area contributed by atoms with E-state index in [-0.39, 0.29) is 6.10 Å². The number of hydrogen-bond donors (Lipinski definition) is 1. The number of aromatic amines is 1. The molecule has 0 aliphatic carbocycles. The number of halogens is 1. The van der Waals surface area contributed by atoms with Crippen LogP contribution < -0.4 is 0 Å². The number of rotatable bonds is 5. The number of aromatic nitrogens is 2. The second-order valence-corrected chi connectivity index (χ2v) is 4.46. The fourth-order valence-corrected chi connectivity index (χ4v) is 2.03. The first kappa shape index (κ1) is 11.9. The minimum atomic E-state index is -0.312. The SMILES string of the molecule is O=COC(Cc1c[nH]cn1)c1cccc(Br)c1. The molecule has 4 nitrogen and oxygen atoms in total. The molecule has 1 atom stereocenters. The van der Waals surface area contributed by atoms with Crippen molar-refractivity contribution < 1.29 is 9.53 Å². The summed E-state index contributed by atoms with van der Waals surface area (Å²) in [6, 6.07) is 7.69. The summed E-state index contributed by atoms with van der Waals surface area (Å²) in [6.07, 6.45) is 3.64. The summed E-state index contributed by atoms with van der Waals surface area (Å²) in [4.78, 5) is 17.5. The largest absolute Gasteiger partial charge is 0.459 e. The zero-order valence-corrected chi connectivity index (χ0v) is 10.6. The standard InChI is InChI=1S/C12H11BrN2O2/c13-10-3-1-2-9(4-10)12(17-8-16)5-11-6-14-7-15-11/h1-4,6-8,12H,5H2,(H,14,15). The van der Waals surface area contributed by atoms with Crippen LogP contribution in [-0.2, 0) is 16.0 Å². The number of benzene rings is 1. The van der Waals surface area contributed by atoms with Crippen molar-refractivity contribution in [3.63, 3.8) is 0 Å². The molecule has 1 N–H and O–H groups in total. The van der Waals surface area contributed by atoms with E-state index in [0.29, 0.717) is 12.9 Å². The van der Waals surface area contributed by atoms with Crippen LogP contribution in [0.4, 0.5) is 0 Å². The number of nitrogens with one attached hydrogen (secondary N) is 1. The molecule has 88 valence electrons. The number of imidazole rings is 1. The zero-order valence-electron chi connectivity index (χ0n) is 8.97. The summed E-state index contributed by atoms with van der Waals surface area (Å²) in [6.45, 7) is 0.470. The highest BCUT2D eigenvalue weighted by molar-refractivity contribution is 9.10.